The molecule has 0 aliphatic carbocycles. The van der Waals surface area contributed by atoms with E-state index in [4.69, 9.17) is 37.9 Å². The van der Waals surface area contributed by atoms with Crippen molar-refractivity contribution in [2.24, 2.45) is 0 Å². The molecule has 0 aliphatic heterocycles. The van der Waals surface area contributed by atoms with Crippen LogP contribution in [0.4, 0.5) is 0 Å². The van der Waals surface area contributed by atoms with Gasteiger partial charge >= 0.3 is 5.97 Å². The van der Waals surface area contributed by atoms with Gasteiger partial charge in [-0.2, -0.15) is 0 Å². The highest BCUT2D eigenvalue weighted by Gasteiger charge is 2.16. The van der Waals surface area contributed by atoms with Crippen molar-refractivity contribution in [1.82, 2.24) is 0 Å². The summed E-state index contributed by atoms with van der Waals surface area (Å²) in [6, 6.07) is 8.27. The van der Waals surface area contributed by atoms with E-state index in [2.05, 4.69) is 0 Å². The number of hydrogen-bond donors (Lipinski definition) is 0. The molecule has 200 valence electrons. The van der Waals surface area contributed by atoms with E-state index in [0.29, 0.717) is 84.8 Å². The fourth-order valence-corrected chi connectivity index (χ4v) is 2.51. The predicted octanol–water partition coefficient (Wildman–Crippen LogP) is 1.94. The van der Waals surface area contributed by atoms with Gasteiger partial charge in [0.15, 0.2) is 0 Å². The maximum Gasteiger partial charge on any atom is 0.379 e. The second-order valence-corrected chi connectivity index (χ2v) is 7.42. The fourth-order valence-electron chi connectivity index (χ4n) is 2.51. The smallest absolute Gasteiger partial charge is 0.379 e. The molecule has 0 saturated carbocycles. The number of rotatable bonds is 24. The molecule has 0 unspecified atom stereocenters. The lowest BCUT2D eigenvalue weighted by Crippen LogP contribution is -2.20. The Morgan fingerprint density at radius 1 is 0.571 bits per heavy atom. The fraction of sp³-hybridized carbons (Fsp3) is 0.680. The molecule has 10 heteroatoms. The van der Waals surface area contributed by atoms with Gasteiger partial charge in [-0.1, -0.05) is 30.3 Å². The average Bonchev–Trinajstić information content (AvgIpc) is 2.86. The summed E-state index contributed by atoms with van der Waals surface area (Å²) in [5.74, 6) is -1.56. The number of Topliss-reactive ketones (excluding diaryl/α,β-unsaturated/α-hetero) is 1. The number of ether oxygens (including phenoxy) is 8. The molecule has 0 aliphatic rings. The highest BCUT2D eigenvalue weighted by Crippen LogP contribution is 2.01. The molecule has 0 N–H and O–H groups in total. The number of carbonyl (C=O) groups excluding carboxylic acids is 2. The van der Waals surface area contributed by atoms with Crippen molar-refractivity contribution in [3.05, 3.63) is 35.9 Å². The lowest BCUT2D eigenvalue weighted by atomic mass is 10.1. The van der Waals surface area contributed by atoms with E-state index in [0.717, 1.165) is 0 Å². The van der Waals surface area contributed by atoms with Crippen LogP contribution in [-0.4, -0.2) is 110 Å². The zero-order valence-corrected chi connectivity index (χ0v) is 20.9. The van der Waals surface area contributed by atoms with Crippen LogP contribution in [0.2, 0.25) is 0 Å². The number of carbonyl (C=O) groups is 2. The minimum absolute atomic E-state index is 0.00715. The summed E-state index contributed by atoms with van der Waals surface area (Å²) in [4.78, 5) is 23.5. The number of ketones is 1. The maximum absolute atomic E-state index is 11.8. The third-order valence-corrected chi connectivity index (χ3v) is 4.22. The third kappa shape index (κ3) is 19.0. The molecule has 0 aromatic heterocycles. The van der Waals surface area contributed by atoms with Gasteiger partial charge in [0.25, 0.3) is 5.78 Å². The van der Waals surface area contributed by atoms with Crippen LogP contribution in [0.1, 0.15) is 24.2 Å². The topological polar surface area (TPSA) is 108 Å². The number of hydrogen-bond acceptors (Lipinski definition) is 10. The molecule has 1 rings (SSSR count). The molecule has 0 atom stereocenters. The molecule has 1 aromatic carbocycles. The van der Waals surface area contributed by atoms with Crippen LogP contribution >= 0.6 is 0 Å². The first-order chi connectivity index (χ1) is 17.1. The van der Waals surface area contributed by atoms with Crippen molar-refractivity contribution >= 4 is 11.8 Å². The van der Waals surface area contributed by atoms with E-state index >= 15 is 0 Å². The molecule has 0 saturated heterocycles. The molecule has 10 nitrogen and oxygen atoms in total. The van der Waals surface area contributed by atoms with Gasteiger partial charge in [0, 0.05) is 5.56 Å². The Bertz CT molecular complexity index is 638. The summed E-state index contributed by atoms with van der Waals surface area (Å²) < 4.78 is 42.6. The Balaban J connectivity index is 1.74. The molecule has 0 spiro atoms. The zero-order valence-electron chi connectivity index (χ0n) is 20.9. The Kier molecular flexibility index (Phi) is 20.0. The molecule has 0 amide bonds. The third-order valence-electron chi connectivity index (χ3n) is 4.22. The van der Waals surface area contributed by atoms with Gasteiger partial charge in [0.1, 0.15) is 6.61 Å². The zero-order chi connectivity index (χ0) is 25.4. The Labute approximate surface area is 208 Å². The Morgan fingerprint density at radius 2 is 0.943 bits per heavy atom. The van der Waals surface area contributed by atoms with E-state index in [1.807, 2.05) is 13.8 Å². The maximum atomic E-state index is 11.8. The predicted molar refractivity (Wildman–Crippen MR) is 128 cm³/mol. The summed E-state index contributed by atoms with van der Waals surface area (Å²) in [5, 5.41) is 0. The van der Waals surface area contributed by atoms with Gasteiger partial charge in [0.2, 0.25) is 0 Å². The monoisotopic (exact) mass is 500 g/mol. The van der Waals surface area contributed by atoms with Crippen LogP contribution in [-0.2, 0) is 42.7 Å². The van der Waals surface area contributed by atoms with Crippen molar-refractivity contribution in [2.75, 3.05) is 92.5 Å². The lowest BCUT2D eigenvalue weighted by Gasteiger charge is -2.09. The minimum atomic E-state index is -0.891. The molecule has 1 aromatic rings. The second kappa shape index (κ2) is 22.5. The van der Waals surface area contributed by atoms with Crippen molar-refractivity contribution in [3.8, 4) is 0 Å². The van der Waals surface area contributed by atoms with Crippen molar-refractivity contribution in [1.29, 1.82) is 0 Å². The quantitative estimate of drug-likeness (QED) is 0.0904. The van der Waals surface area contributed by atoms with Crippen molar-refractivity contribution in [3.63, 3.8) is 0 Å². The highest BCUT2D eigenvalue weighted by atomic mass is 16.6. The van der Waals surface area contributed by atoms with E-state index in [1.165, 1.54) is 0 Å². The van der Waals surface area contributed by atoms with Gasteiger partial charge < -0.3 is 37.9 Å². The average molecular weight is 501 g/mol. The molecular formula is C25H40O10. The molecular weight excluding hydrogens is 460 g/mol. The van der Waals surface area contributed by atoms with E-state index < -0.39 is 11.8 Å². The first-order valence-corrected chi connectivity index (χ1v) is 12.0. The molecule has 35 heavy (non-hydrogen) atoms. The summed E-state index contributed by atoms with van der Waals surface area (Å²) in [7, 11) is 0. The highest BCUT2D eigenvalue weighted by molar-refractivity contribution is 6.40. The minimum Gasteiger partial charge on any atom is -0.457 e. The Hall–Kier alpha value is -1.92. The van der Waals surface area contributed by atoms with Crippen LogP contribution in [0.25, 0.3) is 0 Å². The van der Waals surface area contributed by atoms with Gasteiger partial charge in [-0.25, -0.2) is 4.79 Å². The first-order valence-electron chi connectivity index (χ1n) is 12.0. The van der Waals surface area contributed by atoms with Crippen LogP contribution in [0.5, 0.6) is 0 Å². The van der Waals surface area contributed by atoms with Crippen molar-refractivity contribution in [2.45, 2.75) is 20.0 Å². The van der Waals surface area contributed by atoms with Crippen LogP contribution < -0.4 is 0 Å². The summed E-state index contributed by atoms with van der Waals surface area (Å²) in [6.45, 7) is 10.0. The Morgan fingerprint density at radius 3 is 1.34 bits per heavy atom. The normalized spacial score (nSPS) is 11.2. The number of esters is 1. The van der Waals surface area contributed by atoms with Crippen LogP contribution in [0.15, 0.2) is 30.3 Å². The van der Waals surface area contributed by atoms with Gasteiger partial charge in [-0.3, -0.25) is 4.79 Å². The first kappa shape index (κ1) is 31.1. The van der Waals surface area contributed by atoms with Gasteiger partial charge in [0.05, 0.1) is 92.0 Å². The standard InChI is InChI=1S/C25H40O10/c1-22(2)34-20-18-32-16-14-30-12-10-28-8-9-29-11-13-31-15-17-33-19-21-35-25(27)24(26)23-6-4-3-5-7-23/h3-7,22H,8-21H2,1-2H3. The molecule has 0 radical (unpaired) electrons. The van der Waals surface area contributed by atoms with E-state index in [-0.39, 0.29) is 19.3 Å². The second-order valence-electron chi connectivity index (χ2n) is 7.42. The summed E-state index contributed by atoms with van der Waals surface area (Å²) in [6.07, 6.45) is 0.223. The van der Waals surface area contributed by atoms with E-state index in [1.54, 1.807) is 30.3 Å². The van der Waals surface area contributed by atoms with Crippen LogP contribution in [0, 0.1) is 0 Å². The molecule has 0 fully saturated rings. The van der Waals surface area contributed by atoms with E-state index in [9.17, 15) is 9.59 Å². The molecule has 0 heterocycles. The molecule has 0 bridgehead atoms. The largest absolute Gasteiger partial charge is 0.457 e. The number of benzene rings is 1. The summed E-state index contributed by atoms with van der Waals surface area (Å²) in [5.41, 5.74) is 0.301. The van der Waals surface area contributed by atoms with Crippen molar-refractivity contribution < 1.29 is 47.5 Å². The van der Waals surface area contributed by atoms with Crippen LogP contribution in [0.3, 0.4) is 0 Å². The van der Waals surface area contributed by atoms with Gasteiger partial charge in [-0.05, 0) is 13.8 Å². The lowest BCUT2D eigenvalue weighted by molar-refractivity contribution is -0.139. The van der Waals surface area contributed by atoms with Gasteiger partial charge in [-0.15, -0.1) is 0 Å². The SMILES string of the molecule is CC(C)OCCOCCOCCOCCOCCOCCOCCOC(=O)C(=O)c1ccccc1. The summed E-state index contributed by atoms with van der Waals surface area (Å²) >= 11 is 0.